The fourth-order valence-electron chi connectivity index (χ4n) is 3.58. The quantitative estimate of drug-likeness (QED) is 0.744. The molecule has 0 spiro atoms. The summed E-state index contributed by atoms with van der Waals surface area (Å²) in [6.07, 6.45) is 3.38. The third-order valence-corrected chi connectivity index (χ3v) is 5.34. The fraction of sp³-hybridized carbons (Fsp3) is 0.450. The van der Waals surface area contributed by atoms with E-state index >= 15 is 0 Å². The van der Waals surface area contributed by atoms with Gasteiger partial charge in [-0.1, -0.05) is 24.3 Å². The van der Waals surface area contributed by atoms with Gasteiger partial charge in [-0.15, -0.1) is 0 Å². The van der Waals surface area contributed by atoms with E-state index < -0.39 is 0 Å². The van der Waals surface area contributed by atoms with E-state index in [1.807, 2.05) is 6.07 Å². The Hall–Kier alpha value is -2.45. The van der Waals surface area contributed by atoms with Crippen LogP contribution in [0.15, 0.2) is 30.3 Å². The van der Waals surface area contributed by atoms with Crippen molar-refractivity contribution in [3.8, 4) is 5.88 Å². The average Bonchev–Trinajstić information content (AvgIpc) is 3.25. The zero-order chi connectivity index (χ0) is 19.3. The highest BCUT2D eigenvalue weighted by molar-refractivity contribution is 7.80. The summed E-state index contributed by atoms with van der Waals surface area (Å²) in [6, 6.07) is 10.4. The summed E-state index contributed by atoms with van der Waals surface area (Å²) in [5.41, 5.74) is 2.73. The lowest BCUT2D eigenvalue weighted by atomic mass is 10.00. The van der Waals surface area contributed by atoms with Crippen molar-refractivity contribution >= 4 is 29.1 Å². The smallest absolute Gasteiger partial charge is 0.234 e. The van der Waals surface area contributed by atoms with E-state index in [9.17, 15) is 0 Å². The highest BCUT2D eigenvalue weighted by Crippen LogP contribution is 2.26. The van der Waals surface area contributed by atoms with Gasteiger partial charge in [0.25, 0.3) is 0 Å². The Morgan fingerprint density at radius 3 is 2.96 bits per heavy atom. The number of thiocarbonyl (C=S) groups is 1. The van der Waals surface area contributed by atoms with E-state index in [2.05, 4.69) is 49.8 Å². The van der Waals surface area contributed by atoms with Gasteiger partial charge in [0, 0.05) is 32.3 Å². The number of fused-ring (bicyclic) bond motifs is 1. The summed E-state index contributed by atoms with van der Waals surface area (Å²) in [7, 11) is 1.61. The van der Waals surface area contributed by atoms with Crippen molar-refractivity contribution in [2.75, 3.05) is 37.0 Å². The Balaban J connectivity index is 1.44. The number of methoxy groups -OCH3 is 1. The number of ether oxygens (including phenoxy) is 2. The average molecular weight is 400 g/mol. The van der Waals surface area contributed by atoms with Gasteiger partial charge in [-0.3, -0.25) is 0 Å². The highest BCUT2D eigenvalue weighted by atomic mass is 32.1. The lowest BCUT2D eigenvalue weighted by molar-refractivity contribution is 0.114. The molecule has 3 heterocycles. The topological polar surface area (TPSA) is 71.5 Å². The molecule has 4 rings (SSSR count). The zero-order valence-electron chi connectivity index (χ0n) is 16.0. The molecule has 8 heteroatoms. The second-order valence-electron chi connectivity index (χ2n) is 7.00. The zero-order valence-corrected chi connectivity index (χ0v) is 16.8. The number of benzene rings is 1. The molecule has 1 fully saturated rings. The van der Waals surface area contributed by atoms with Gasteiger partial charge in [0.2, 0.25) is 11.8 Å². The molecular formula is C20H25N5O2S. The molecule has 0 unspecified atom stereocenters. The molecule has 0 amide bonds. The molecule has 0 saturated carbocycles. The maximum Gasteiger partial charge on any atom is 0.234 e. The molecule has 1 atom stereocenters. The van der Waals surface area contributed by atoms with Gasteiger partial charge in [0.05, 0.1) is 13.2 Å². The largest absolute Gasteiger partial charge is 0.481 e. The second kappa shape index (κ2) is 8.70. The molecule has 148 valence electrons. The van der Waals surface area contributed by atoms with Gasteiger partial charge in [-0.2, -0.15) is 9.97 Å². The van der Waals surface area contributed by atoms with Crippen molar-refractivity contribution in [3.05, 3.63) is 41.5 Å². The number of nitrogens with one attached hydrogen (secondary N) is 2. The first kappa shape index (κ1) is 18.9. The summed E-state index contributed by atoms with van der Waals surface area (Å²) >= 11 is 5.39. The molecule has 28 heavy (non-hydrogen) atoms. The van der Waals surface area contributed by atoms with E-state index in [0.29, 0.717) is 23.5 Å². The van der Waals surface area contributed by atoms with Crippen LogP contribution in [0.1, 0.15) is 24.0 Å². The lowest BCUT2D eigenvalue weighted by Crippen LogP contribution is -2.35. The summed E-state index contributed by atoms with van der Waals surface area (Å²) < 4.78 is 11.0. The number of aromatic nitrogens is 2. The van der Waals surface area contributed by atoms with Crippen molar-refractivity contribution in [2.24, 2.45) is 0 Å². The first-order chi connectivity index (χ1) is 13.7. The van der Waals surface area contributed by atoms with Crippen LogP contribution in [0, 0.1) is 0 Å². The van der Waals surface area contributed by atoms with E-state index in [1.165, 1.54) is 11.1 Å². The molecule has 2 aromatic rings. The predicted molar refractivity (Wildman–Crippen MR) is 113 cm³/mol. The van der Waals surface area contributed by atoms with Crippen LogP contribution in [0.4, 0.5) is 11.8 Å². The van der Waals surface area contributed by atoms with Crippen LogP contribution in [-0.4, -0.2) is 48.0 Å². The van der Waals surface area contributed by atoms with Gasteiger partial charge >= 0.3 is 0 Å². The van der Waals surface area contributed by atoms with Crippen molar-refractivity contribution in [2.45, 2.75) is 31.9 Å². The van der Waals surface area contributed by atoms with Crippen LogP contribution >= 0.6 is 12.2 Å². The molecule has 0 bridgehead atoms. The van der Waals surface area contributed by atoms with Crippen molar-refractivity contribution in [1.29, 1.82) is 0 Å². The maximum atomic E-state index is 5.61. The first-order valence-corrected chi connectivity index (χ1v) is 10.0. The normalized spacial score (nSPS) is 18.5. The Labute approximate surface area is 170 Å². The number of hydrogen-bond donors (Lipinski definition) is 2. The fourth-order valence-corrected chi connectivity index (χ4v) is 3.76. The van der Waals surface area contributed by atoms with Crippen LogP contribution in [0.5, 0.6) is 5.88 Å². The van der Waals surface area contributed by atoms with Crippen LogP contribution in [-0.2, 0) is 17.7 Å². The summed E-state index contributed by atoms with van der Waals surface area (Å²) in [4.78, 5) is 11.3. The van der Waals surface area contributed by atoms with Crippen molar-refractivity contribution in [3.63, 3.8) is 0 Å². The minimum absolute atomic E-state index is 0.218. The minimum atomic E-state index is 0.218. The number of rotatable bonds is 5. The van der Waals surface area contributed by atoms with Crippen molar-refractivity contribution in [1.82, 2.24) is 15.3 Å². The molecule has 1 aromatic heterocycles. The standard InChI is InChI=1S/C20H25N5O2S/c1-26-18-11-17(25-9-8-14-5-2-3-6-15(14)13-25)22-19(23-18)24-20(28)21-12-16-7-4-10-27-16/h2-3,5-6,11,16H,4,7-10,12-13H2,1H3,(H2,21,22,23,24,28)/t16-/m1/s1. The number of anilines is 2. The Bertz CT molecular complexity index is 841. The van der Waals surface area contributed by atoms with Crippen LogP contribution in [0.2, 0.25) is 0 Å². The molecule has 1 saturated heterocycles. The highest BCUT2D eigenvalue weighted by Gasteiger charge is 2.19. The van der Waals surface area contributed by atoms with Gasteiger partial charge in [0.15, 0.2) is 5.11 Å². The van der Waals surface area contributed by atoms with E-state index in [4.69, 9.17) is 21.7 Å². The van der Waals surface area contributed by atoms with E-state index in [1.54, 1.807) is 7.11 Å². The third kappa shape index (κ3) is 4.51. The van der Waals surface area contributed by atoms with Gasteiger partial charge in [-0.25, -0.2) is 0 Å². The maximum absolute atomic E-state index is 5.61. The van der Waals surface area contributed by atoms with Crippen molar-refractivity contribution < 1.29 is 9.47 Å². The van der Waals surface area contributed by atoms with Gasteiger partial charge in [-0.05, 0) is 42.6 Å². The summed E-state index contributed by atoms with van der Waals surface area (Å²) in [5, 5.41) is 6.74. The van der Waals surface area contributed by atoms with Crippen LogP contribution < -0.4 is 20.3 Å². The molecule has 1 aromatic carbocycles. The van der Waals surface area contributed by atoms with E-state index in [0.717, 1.165) is 44.8 Å². The SMILES string of the molecule is COc1cc(N2CCc3ccccc3C2)nc(NC(=S)NC[C@H]2CCCO2)n1. The molecule has 2 N–H and O–H groups in total. The number of hydrogen-bond acceptors (Lipinski definition) is 6. The first-order valence-electron chi connectivity index (χ1n) is 9.62. The Morgan fingerprint density at radius 2 is 2.18 bits per heavy atom. The third-order valence-electron chi connectivity index (χ3n) is 5.09. The molecular weight excluding hydrogens is 374 g/mol. The molecule has 2 aliphatic heterocycles. The Kier molecular flexibility index (Phi) is 5.87. The van der Waals surface area contributed by atoms with E-state index in [-0.39, 0.29) is 6.10 Å². The predicted octanol–water partition coefficient (Wildman–Crippen LogP) is 2.51. The van der Waals surface area contributed by atoms with Crippen LogP contribution in [0.3, 0.4) is 0 Å². The summed E-state index contributed by atoms with van der Waals surface area (Å²) in [5.74, 6) is 1.76. The molecule has 0 radical (unpaired) electrons. The minimum Gasteiger partial charge on any atom is -0.481 e. The summed E-state index contributed by atoms with van der Waals surface area (Å²) in [6.45, 7) is 3.23. The lowest BCUT2D eigenvalue weighted by Gasteiger charge is -2.30. The van der Waals surface area contributed by atoms with Gasteiger partial charge in [0.1, 0.15) is 5.82 Å². The second-order valence-corrected chi connectivity index (χ2v) is 7.41. The molecule has 7 nitrogen and oxygen atoms in total. The monoisotopic (exact) mass is 399 g/mol. The molecule has 2 aliphatic rings. The van der Waals surface area contributed by atoms with Gasteiger partial charge < -0.3 is 25.0 Å². The molecule has 0 aliphatic carbocycles. The van der Waals surface area contributed by atoms with Crippen LogP contribution in [0.25, 0.3) is 0 Å². The Morgan fingerprint density at radius 1 is 1.32 bits per heavy atom. The number of nitrogens with zero attached hydrogens (tertiary/aromatic N) is 3.